The van der Waals surface area contributed by atoms with Crippen molar-refractivity contribution in [3.63, 3.8) is 0 Å². The van der Waals surface area contributed by atoms with Crippen LogP contribution in [0.5, 0.6) is 0 Å². The van der Waals surface area contributed by atoms with E-state index in [4.69, 9.17) is 4.74 Å². The number of pyridine rings is 1. The fourth-order valence-electron chi connectivity index (χ4n) is 3.41. The molecule has 5 aromatic rings. The molecule has 0 radical (unpaired) electrons. The monoisotopic (exact) mass is 415 g/mol. The fourth-order valence-corrected chi connectivity index (χ4v) is 4.48. The van der Waals surface area contributed by atoms with Gasteiger partial charge in [-0.25, -0.2) is 9.48 Å². The second-order valence-corrected chi connectivity index (χ2v) is 7.98. The highest BCUT2D eigenvalue weighted by Crippen LogP contribution is 2.30. The van der Waals surface area contributed by atoms with E-state index in [-0.39, 0.29) is 12.2 Å². The first kappa shape index (κ1) is 18.3. The van der Waals surface area contributed by atoms with Crippen LogP contribution in [-0.2, 0) is 11.3 Å². The predicted octanol–water partition coefficient (Wildman–Crippen LogP) is 4.59. The number of carbonyl (C=O) groups excluding carboxylic acids is 1. The number of thiophene rings is 1. The van der Waals surface area contributed by atoms with E-state index in [1.807, 2.05) is 66.2 Å². The van der Waals surface area contributed by atoms with Crippen molar-refractivity contribution in [3.05, 3.63) is 93.2 Å². The summed E-state index contributed by atoms with van der Waals surface area (Å²) in [4.78, 5) is 29.1. The Balaban J connectivity index is 1.42. The van der Waals surface area contributed by atoms with Gasteiger partial charge in [-0.15, -0.1) is 11.3 Å². The fraction of sp³-hybridized carbons (Fsp3) is 0.0870. The van der Waals surface area contributed by atoms with Gasteiger partial charge < -0.3 is 9.72 Å². The summed E-state index contributed by atoms with van der Waals surface area (Å²) < 4.78 is 7.28. The second kappa shape index (κ2) is 7.27. The standard InChI is InChI=1S/C23H17N3O3S/c1-14-18-12-20(30-22(18)26(25-14)17-8-3-2-4-9-17)23(28)29-13-16-11-15-7-5-6-10-19(15)24-21(16)27/h2-12H,13H2,1H3,(H,24,27). The van der Waals surface area contributed by atoms with Crippen LogP contribution in [0.2, 0.25) is 0 Å². The quantitative estimate of drug-likeness (QED) is 0.436. The number of aromatic nitrogens is 3. The summed E-state index contributed by atoms with van der Waals surface area (Å²) in [5.41, 5.74) is 2.68. The van der Waals surface area contributed by atoms with Crippen molar-refractivity contribution < 1.29 is 9.53 Å². The molecule has 0 saturated heterocycles. The first-order valence-corrected chi connectivity index (χ1v) is 10.2. The van der Waals surface area contributed by atoms with Crippen LogP contribution in [0.4, 0.5) is 0 Å². The lowest BCUT2D eigenvalue weighted by Crippen LogP contribution is -2.15. The summed E-state index contributed by atoms with van der Waals surface area (Å²) >= 11 is 1.33. The van der Waals surface area contributed by atoms with Crippen LogP contribution in [0, 0.1) is 6.92 Å². The Morgan fingerprint density at radius 3 is 2.70 bits per heavy atom. The van der Waals surface area contributed by atoms with Gasteiger partial charge in [0.1, 0.15) is 16.3 Å². The molecule has 5 rings (SSSR count). The average Bonchev–Trinajstić information content (AvgIpc) is 3.33. The zero-order valence-corrected chi connectivity index (χ0v) is 16.9. The van der Waals surface area contributed by atoms with Gasteiger partial charge in [0.2, 0.25) is 0 Å². The lowest BCUT2D eigenvalue weighted by Gasteiger charge is -2.05. The summed E-state index contributed by atoms with van der Waals surface area (Å²) in [6.45, 7) is 1.83. The molecule has 30 heavy (non-hydrogen) atoms. The number of fused-ring (bicyclic) bond motifs is 2. The van der Waals surface area contributed by atoms with Crippen molar-refractivity contribution in [2.24, 2.45) is 0 Å². The number of benzene rings is 2. The average molecular weight is 415 g/mol. The highest BCUT2D eigenvalue weighted by Gasteiger charge is 2.18. The van der Waals surface area contributed by atoms with E-state index in [0.717, 1.165) is 32.5 Å². The van der Waals surface area contributed by atoms with Gasteiger partial charge in [-0.05, 0) is 42.6 Å². The molecular weight excluding hydrogens is 398 g/mol. The van der Waals surface area contributed by atoms with Gasteiger partial charge in [0.05, 0.1) is 16.9 Å². The summed E-state index contributed by atoms with van der Waals surface area (Å²) in [5.74, 6) is -0.456. The van der Waals surface area contributed by atoms with Crippen LogP contribution < -0.4 is 5.56 Å². The lowest BCUT2D eigenvalue weighted by atomic mass is 10.1. The largest absolute Gasteiger partial charge is 0.456 e. The highest BCUT2D eigenvalue weighted by molar-refractivity contribution is 7.20. The van der Waals surface area contributed by atoms with Crippen molar-refractivity contribution in [3.8, 4) is 5.69 Å². The van der Waals surface area contributed by atoms with Crippen LogP contribution >= 0.6 is 11.3 Å². The summed E-state index contributed by atoms with van der Waals surface area (Å²) in [6, 6.07) is 20.8. The number of H-pyrrole nitrogens is 1. The third-order valence-corrected chi connectivity index (χ3v) is 6.03. The Bertz CT molecular complexity index is 1450. The minimum Gasteiger partial charge on any atom is -0.456 e. The molecule has 0 aliphatic rings. The predicted molar refractivity (Wildman–Crippen MR) is 117 cm³/mol. The second-order valence-electron chi connectivity index (χ2n) is 6.95. The van der Waals surface area contributed by atoms with Crippen LogP contribution in [0.3, 0.4) is 0 Å². The van der Waals surface area contributed by atoms with Gasteiger partial charge >= 0.3 is 5.97 Å². The number of aromatic amines is 1. The van der Waals surface area contributed by atoms with Gasteiger partial charge in [-0.3, -0.25) is 4.79 Å². The van der Waals surface area contributed by atoms with E-state index in [9.17, 15) is 9.59 Å². The SMILES string of the molecule is Cc1nn(-c2ccccc2)c2sc(C(=O)OCc3cc4ccccc4[nH]c3=O)cc12. The summed E-state index contributed by atoms with van der Waals surface area (Å²) in [7, 11) is 0. The van der Waals surface area contributed by atoms with Gasteiger partial charge in [0.15, 0.2) is 0 Å². The van der Waals surface area contributed by atoms with Crippen molar-refractivity contribution in [1.29, 1.82) is 0 Å². The highest BCUT2D eigenvalue weighted by atomic mass is 32.1. The van der Waals surface area contributed by atoms with E-state index in [0.29, 0.717) is 10.4 Å². The van der Waals surface area contributed by atoms with E-state index < -0.39 is 5.97 Å². The molecular formula is C23H17N3O3S. The maximum absolute atomic E-state index is 12.7. The Kier molecular flexibility index (Phi) is 4.44. The topological polar surface area (TPSA) is 77.0 Å². The van der Waals surface area contributed by atoms with E-state index in [1.165, 1.54) is 11.3 Å². The van der Waals surface area contributed by atoms with Crippen LogP contribution in [0.15, 0.2) is 71.5 Å². The molecule has 0 spiro atoms. The maximum Gasteiger partial charge on any atom is 0.348 e. The Hall–Kier alpha value is -3.71. The minimum absolute atomic E-state index is 0.0863. The number of aryl methyl sites for hydroxylation is 1. The third kappa shape index (κ3) is 3.19. The molecule has 0 fully saturated rings. The molecule has 0 aliphatic heterocycles. The Morgan fingerprint density at radius 1 is 1.10 bits per heavy atom. The molecule has 0 amide bonds. The zero-order chi connectivity index (χ0) is 20.7. The number of nitrogens with one attached hydrogen (secondary N) is 1. The molecule has 0 atom stereocenters. The number of para-hydroxylation sites is 2. The van der Waals surface area contributed by atoms with Crippen LogP contribution in [0.1, 0.15) is 20.9 Å². The van der Waals surface area contributed by atoms with Gasteiger partial charge in [0.25, 0.3) is 5.56 Å². The molecule has 0 saturated carbocycles. The van der Waals surface area contributed by atoms with Crippen LogP contribution in [0.25, 0.3) is 26.8 Å². The number of esters is 1. The minimum atomic E-state index is -0.456. The third-order valence-electron chi connectivity index (χ3n) is 4.94. The van der Waals surface area contributed by atoms with Crippen molar-refractivity contribution in [1.82, 2.24) is 14.8 Å². The first-order valence-electron chi connectivity index (χ1n) is 9.43. The van der Waals surface area contributed by atoms with E-state index >= 15 is 0 Å². The number of hydrogen-bond acceptors (Lipinski definition) is 5. The summed E-state index contributed by atoms with van der Waals surface area (Å²) in [6.07, 6.45) is 0. The molecule has 1 N–H and O–H groups in total. The number of ether oxygens (including phenoxy) is 1. The number of nitrogens with zero attached hydrogens (tertiary/aromatic N) is 2. The lowest BCUT2D eigenvalue weighted by molar-refractivity contribution is 0.0477. The van der Waals surface area contributed by atoms with Gasteiger partial charge in [-0.2, -0.15) is 5.10 Å². The Labute approximate surface area is 175 Å². The molecule has 3 aromatic heterocycles. The first-order chi connectivity index (χ1) is 14.6. The number of hydrogen-bond donors (Lipinski definition) is 1. The van der Waals surface area contributed by atoms with Crippen molar-refractivity contribution >= 4 is 38.4 Å². The van der Waals surface area contributed by atoms with Crippen molar-refractivity contribution in [2.75, 3.05) is 0 Å². The van der Waals surface area contributed by atoms with Crippen molar-refractivity contribution in [2.45, 2.75) is 13.5 Å². The molecule has 148 valence electrons. The molecule has 2 aromatic carbocycles. The molecule has 3 heterocycles. The molecule has 7 heteroatoms. The van der Waals surface area contributed by atoms with E-state index in [2.05, 4.69) is 10.1 Å². The smallest absolute Gasteiger partial charge is 0.348 e. The summed E-state index contributed by atoms with van der Waals surface area (Å²) in [5, 5.41) is 6.39. The van der Waals surface area contributed by atoms with Gasteiger partial charge in [-0.1, -0.05) is 36.4 Å². The molecule has 6 nitrogen and oxygen atoms in total. The van der Waals surface area contributed by atoms with Gasteiger partial charge in [0, 0.05) is 10.9 Å². The molecule has 0 unspecified atom stereocenters. The zero-order valence-electron chi connectivity index (χ0n) is 16.1. The number of carbonyl (C=O) groups is 1. The number of rotatable bonds is 4. The van der Waals surface area contributed by atoms with Crippen LogP contribution in [-0.4, -0.2) is 20.7 Å². The maximum atomic E-state index is 12.7. The normalized spacial score (nSPS) is 11.2. The molecule has 0 aliphatic carbocycles. The molecule has 0 bridgehead atoms. The Morgan fingerprint density at radius 2 is 1.87 bits per heavy atom. The van der Waals surface area contributed by atoms with E-state index in [1.54, 1.807) is 12.1 Å².